The van der Waals surface area contributed by atoms with E-state index in [0.29, 0.717) is 28.6 Å². The number of carbonyl (C=O) groups is 2. The number of aliphatic hydroxyl groups is 1. The maximum atomic E-state index is 13.3. The molecule has 3 aromatic rings. The van der Waals surface area contributed by atoms with Crippen molar-refractivity contribution in [3.63, 3.8) is 0 Å². The van der Waals surface area contributed by atoms with Gasteiger partial charge in [-0.05, 0) is 44.2 Å². The summed E-state index contributed by atoms with van der Waals surface area (Å²) in [7, 11) is 2.96. The van der Waals surface area contributed by atoms with Crippen LogP contribution in [0.2, 0.25) is 0 Å². The van der Waals surface area contributed by atoms with Crippen molar-refractivity contribution in [3.8, 4) is 11.5 Å². The van der Waals surface area contributed by atoms with Crippen molar-refractivity contribution in [2.45, 2.75) is 19.9 Å². The molecule has 0 spiro atoms. The van der Waals surface area contributed by atoms with Gasteiger partial charge >= 0.3 is 0 Å². The first-order chi connectivity index (χ1) is 14.8. The second-order valence-electron chi connectivity index (χ2n) is 6.98. The first kappa shape index (κ1) is 20.3. The molecule has 4 rings (SSSR count). The van der Waals surface area contributed by atoms with Gasteiger partial charge < -0.3 is 23.5 Å². The first-order valence-electron chi connectivity index (χ1n) is 9.38. The van der Waals surface area contributed by atoms with E-state index in [1.54, 1.807) is 38.1 Å². The van der Waals surface area contributed by atoms with Crippen LogP contribution in [-0.4, -0.2) is 36.2 Å². The number of ketones is 1. The van der Waals surface area contributed by atoms with Crippen molar-refractivity contribution >= 4 is 17.5 Å². The van der Waals surface area contributed by atoms with Crippen molar-refractivity contribution < 1.29 is 33.1 Å². The predicted octanol–water partition coefficient (Wildman–Crippen LogP) is 3.68. The third-order valence-electron chi connectivity index (χ3n) is 5.01. The number of amides is 1. The van der Waals surface area contributed by atoms with Crippen LogP contribution in [0.5, 0.6) is 11.5 Å². The Morgan fingerprint density at radius 2 is 1.87 bits per heavy atom. The van der Waals surface area contributed by atoms with Crippen LogP contribution in [0.3, 0.4) is 0 Å². The van der Waals surface area contributed by atoms with Gasteiger partial charge in [0.1, 0.15) is 29.1 Å². The lowest BCUT2D eigenvalue weighted by Gasteiger charge is -2.26. The number of rotatable bonds is 6. The van der Waals surface area contributed by atoms with E-state index in [9.17, 15) is 14.7 Å². The zero-order valence-electron chi connectivity index (χ0n) is 17.3. The molecule has 0 bridgehead atoms. The fourth-order valence-electron chi connectivity index (χ4n) is 3.58. The number of anilines is 1. The van der Waals surface area contributed by atoms with Gasteiger partial charge in [-0.1, -0.05) is 5.16 Å². The number of hydrogen-bond acceptors (Lipinski definition) is 8. The molecule has 31 heavy (non-hydrogen) atoms. The molecule has 1 aromatic carbocycles. The molecule has 0 saturated heterocycles. The highest BCUT2D eigenvalue weighted by Gasteiger charge is 2.47. The summed E-state index contributed by atoms with van der Waals surface area (Å²) >= 11 is 0. The summed E-state index contributed by atoms with van der Waals surface area (Å²) in [4.78, 5) is 27.6. The van der Waals surface area contributed by atoms with E-state index < -0.39 is 23.5 Å². The summed E-state index contributed by atoms with van der Waals surface area (Å²) in [6.07, 6.45) is 0. The maximum absolute atomic E-state index is 13.3. The number of ether oxygens (including phenoxy) is 2. The summed E-state index contributed by atoms with van der Waals surface area (Å²) in [5.74, 6) is -0.140. The van der Waals surface area contributed by atoms with Gasteiger partial charge in [-0.2, -0.15) is 0 Å². The molecule has 1 N–H and O–H groups in total. The van der Waals surface area contributed by atoms with Crippen molar-refractivity contribution in [2.75, 3.05) is 19.1 Å². The van der Waals surface area contributed by atoms with E-state index in [1.165, 1.54) is 31.3 Å². The Morgan fingerprint density at radius 1 is 1.10 bits per heavy atom. The average molecular weight is 424 g/mol. The summed E-state index contributed by atoms with van der Waals surface area (Å²) in [5, 5.41) is 14.7. The molecule has 0 saturated carbocycles. The second kappa shape index (κ2) is 7.67. The van der Waals surface area contributed by atoms with Crippen molar-refractivity contribution in [3.05, 3.63) is 70.6 Å². The molecule has 9 heteroatoms. The van der Waals surface area contributed by atoms with Crippen LogP contribution < -0.4 is 14.4 Å². The lowest BCUT2D eigenvalue weighted by atomic mass is 9.94. The molecule has 1 atom stereocenters. The fraction of sp³-hybridized carbons (Fsp3) is 0.227. The summed E-state index contributed by atoms with van der Waals surface area (Å²) < 4.78 is 21.4. The molecule has 1 aliphatic rings. The Hall–Kier alpha value is -4.01. The molecule has 9 nitrogen and oxygen atoms in total. The Bertz CT molecular complexity index is 1200. The second-order valence-corrected chi connectivity index (χ2v) is 6.98. The minimum Gasteiger partial charge on any atom is -0.503 e. The van der Waals surface area contributed by atoms with Gasteiger partial charge in [-0.3, -0.25) is 14.5 Å². The van der Waals surface area contributed by atoms with Crippen LogP contribution in [-0.2, 0) is 4.79 Å². The molecule has 3 heterocycles. The lowest BCUT2D eigenvalue weighted by molar-refractivity contribution is -0.117. The fourth-order valence-corrected chi connectivity index (χ4v) is 3.58. The standard InChI is InChI=1S/C22H20N2O7/c1-11-5-7-16(30-11)20(25)18-19(14-10-13(28-3)6-8-15(14)29-4)24(22(27)21(18)26)17-9-12(2)31-23-17/h5-10,19,26H,1-4H3/t19-/m1/s1. The van der Waals surface area contributed by atoms with Gasteiger partial charge in [0.05, 0.1) is 19.8 Å². The quantitative estimate of drug-likeness (QED) is 0.596. The number of aryl methyl sites for hydroxylation is 2. The number of aliphatic hydroxyl groups excluding tert-OH is 1. The zero-order chi connectivity index (χ0) is 22.3. The number of methoxy groups -OCH3 is 2. The van der Waals surface area contributed by atoms with E-state index >= 15 is 0 Å². The number of Topliss-reactive ketones (excluding diaryl/α,β-unsaturated/α-hetero) is 1. The van der Waals surface area contributed by atoms with Gasteiger partial charge in [0.25, 0.3) is 5.91 Å². The number of carbonyl (C=O) groups excluding carboxylic acids is 2. The largest absolute Gasteiger partial charge is 0.503 e. The summed E-state index contributed by atoms with van der Waals surface area (Å²) in [6.45, 7) is 3.36. The van der Waals surface area contributed by atoms with Gasteiger partial charge in [0.2, 0.25) is 5.78 Å². The molecule has 160 valence electrons. The Kier molecular flexibility index (Phi) is 5.02. The van der Waals surface area contributed by atoms with Gasteiger partial charge in [-0.25, -0.2) is 0 Å². The molecule has 0 fully saturated rings. The van der Waals surface area contributed by atoms with E-state index in [2.05, 4.69) is 5.16 Å². The Morgan fingerprint density at radius 3 is 2.45 bits per heavy atom. The van der Waals surface area contributed by atoms with Crippen LogP contribution in [0.25, 0.3) is 0 Å². The normalized spacial score (nSPS) is 16.2. The topological polar surface area (TPSA) is 115 Å². The third kappa shape index (κ3) is 3.33. The average Bonchev–Trinajstić information content (AvgIpc) is 3.45. The van der Waals surface area contributed by atoms with Crippen LogP contribution in [0.4, 0.5) is 5.82 Å². The van der Waals surface area contributed by atoms with Gasteiger partial charge in [0.15, 0.2) is 17.3 Å². The van der Waals surface area contributed by atoms with Crippen molar-refractivity contribution in [2.24, 2.45) is 0 Å². The van der Waals surface area contributed by atoms with Crippen LogP contribution in [0.1, 0.15) is 33.7 Å². The van der Waals surface area contributed by atoms with Crippen LogP contribution in [0, 0.1) is 13.8 Å². The molecular weight excluding hydrogens is 404 g/mol. The number of benzene rings is 1. The zero-order valence-corrected chi connectivity index (χ0v) is 17.3. The lowest BCUT2D eigenvalue weighted by Crippen LogP contribution is -2.31. The monoisotopic (exact) mass is 424 g/mol. The molecule has 0 unspecified atom stereocenters. The predicted molar refractivity (Wildman–Crippen MR) is 108 cm³/mol. The minimum atomic E-state index is -1.06. The summed E-state index contributed by atoms with van der Waals surface area (Å²) in [6, 6.07) is 8.57. The SMILES string of the molecule is COc1ccc(OC)c([C@@H]2C(C(=O)c3ccc(C)o3)=C(O)C(=O)N2c2cc(C)on2)c1. The highest BCUT2D eigenvalue weighted by Crippen LogP contribution is 2.45. The Balaban J connectivity index is 1.94. The number of furan rings is 1. The first-order valence-corrected chi connectivity index (χ1v) is 9.38. The van der Waals surface area contributed by atoms with E-state index in [4.69, 9.17) is 18.4 Å². The van der Waals surface area contributed by atoms with Crippen LogP contribution in [0.15, 0.2) is 56.7 Å². The molecule has 0 aliphatic carbocycles. The van der Waals surface area contributed by atoms with Gasteiger partial charge in [-0.15, -0.1) is 0 Å². The van der Waals surface area contributed by atoms with Crippen LogP contribution >= 0.6 is 0 Å². The highest BCUT2D eigenvalue weighted by molar-refractivity contribution is 6.20. The number of hydrogen-bond donors (Lipinski definition) is 1. The third-order valence-corrected chi connectivity index (χ3v) is 5.01. The minimum absolute atomic E-state index is 0.00287. The number of aromatic nitrogens is 1. The van der Waals surface area contributed by atoms with E-state index in [1.807, 2.05) is 0 Å². The molecule has 2 aromatic heterocycles. The maximum Gasteiger partial charge on any atom is 0.295 e. The van der Waals surface area contributed by atoms with Crippen molar-refractivity contribution in [1.82, 2.24) is 5.16 Å². The molecular formula is C22H20N2O7. The molecule has 0 radical (unpaired) electrons. The van der Waals surface area contributed by atoms with E-state index in [0.717, 1.165) is 0 Å². The van der Waals surface area contributed by atoms with Gasteiger partial charge in [0, 0.05) is 11.6 Å². The number of nitrogens with zero attached hydrogens (tertiary/aromatic N) is 2. The highest BCUT2D eigenvalue weighted by atomic mass is 16.5. The van der Waals surface area contributed by atoms with Crippen molar-refractivity contribution in [1.29, 1.82) is 0 Å². The molecule has 1 aliphatic heterocycles. The Labute approximate surface area is 177 Å². The smallest absolute Gasteiger partial charge is 0.295 e. The summed E-state index contributed by atoms with van der Waals surface area (Å²) in [5.41, 5.74) is 0.262. The van der Waals surface area contributed by atoms with E-state index in [-0.39, 0.29) is 17.2 Å². The molecule has 1 amide bonds.